The molecule has 2 atom stereocenters. The predicted molar refractivity (Wildman–Crippen MR) is 72.1 cm³/mol. The number of rotatable bonds is 3. The van der Waals surface area contributed by atoms with Crippen molar-refractivity contribution < 1.29 is 9.59 Å². The SMILES string of the molecule is N#CC1CCC(C=O)(C(=O)C2CCCC(C#N)C2)CC1. The summed E-state index contributed by atoms with van der Waals surface area (Å²) in [5.41, 5.74) is -0.880. The lowest BCUT2D eigenvalue weighted by atomic mass is 9.64. The monoisotopic (exact) mass is 272 g/mol. The summed E-state index contributed by atoms with van der Waals surface area (Å²) in [6.07, 6.45) is 6.25. The summed E-state index contributed by atoms with van der Waals surface area (Å²) in [6, 6.07) is 4.48. The number of hydrogen-bond acceptors (Lipinski definition) is 4. The Kier molecular flexibility index (Phi) is 4.55. The molecule has 0 aromatic carbocycles. The van der Waals surface area contributed by atoms with Crippen molar-refractivity contribution in [3.05, 3.63) is 0 Å². The van der Waals surface area contributed by atoms with E-state index in [2.05, 4.69) is 12.1 Å². The zero-order valence-electron chi connectivity index (χ0n) is 11.7. The molecule has 0 N–H and O–H groups in total. The molecule has 2 aliphatic carbocycles. The van der Waals surface area contributed by atoms with Crippen LogP contribution in [0.25, 0.3) is 0 Å². The Bertz CT molecular complexity index is 464. The topological polar surface area (TPSA) is 81.7 Å². The van der Waals surface area contributed by atoms with Crippen molar-refractivity contribution in [2.24, 2.45) is 23.2 Å². The predicted octanol–water partition coefficient (Wildman–Crippen LogP) is 2.78. The smallest absolute Gasteiger partial charge is 0.149 e. The van der Waals surface area contributed by atoms with Crippen LogP contribution in [0.15, 0.2) is 0 Å². The van der Waals surface area contributed by atoms with E-state index in [0.717, 1.165) is 25.5 Å². The first-order valence-corrected chi connectivity index (χ1v) is 7.45. The second-order valence-electron chi connectivity index (χ2n) is 6.23. The minimum Gasteiger partial charge on any atom is -0.302 e. The lowest BCUT2D eigenvalue weighted by Gasteiger charge is -2.36. The van der Waals surface area contributed by atoms with Gasteiger partial charge in [0.25, 0.3) is 0 Å². The van der Waals surface area contributed by atoms with Crippen molar-refractivity contribution in [2.45, 2.75) is 51.4 Å². The Morgan fingerprint density at radius 2 is 1.70 bits per heavy atom. The van der Waals surface area contributed by atoms with Gasteiger partial charge in [0.05, 0.1) is 17.6 Å². The van der Waals surface area contributed by atoms with Crippen LogP contribution in [0.4, 0.5) is 0 Å². The van der Waals surface area contributed by atoms with Crippen molar-refractivity contribution in [2.75, 3.05) is 0 Å². The van der Waals surface area contributed by atoms with Gasteiger partial charge in [-0.2, -0.15) is 10.5 Å². The number of carbonyl (C=O) groups excluding carboxylic acids is 2. The van der Waals surface area contributed by atoms with Gasteiger partial charge in [-0.05, 0) is 44.9 Å². The molecule has 0 bridgehead atoms. The molecule has 2 rings (SSSR count). The van der Waals surface area contributed by atoms with Gasteiger partial charge in [0, 0.05) is 17.8 Å². The molecular formula is C16H20N2O2. The van der Waals surface area contributed by atoms with E-state index in [9.17, 15) is 9.59 Å². The third kappa shape index (κ3) is 2.75. The van der Waals surface area contributed by atoms with Crippen LogP contribution in [-0.2, 0) is 9.59 Å². The summed E-state index contributed by atoms with van der Waals surface area (Å²) in [4.78, 5) is 24.3. The van der Waals surface area contributed by atoms with Gasteiger partial charge in [-0.3, -0.25) is 4.79 Å². The van der Waals surface area contributed by atoms with E-state index in [0.29, 0.717) is 32.1 Å². The molecule has 0 radical (unpaired) electrons. The molecule has 4 heteroatoms. The number of aldehydes is 1. The van der Waals surface area contributed by atoms with Gasteiger partial charge in [0.15, 0.2) is 0 Å². The largest absolute Gasteiger partial charge is 0.302 e. The van der Waals surface area contributed by atoms with E-state index in [1.165, 1.54) is 0 Å². The molecule has 0 heterocycles. The Morgan fingerprint density at radius 1 is 1.05 bits per heavy atom. The van der Waals surface area contributed by atoms with Gasteiger partial charge in [-0.15, -0.1) is 0 Å². The van der Waals surface area contributed by atoms with Crippen LogP contribution in [0.1, 0.15) is 51.4 Å². The van der Waals surface area contributed by atoms with Crippen LogP contribution in [0, 0.1) is 45.8 Å². The first-order chi connectivity index (χ1) is 9.65. The molecule has 20 heavy (non-hydrogen) atoms. The van der Waals surface area contributed by atoms with Crippen LogP contribution in [0.2, 0.25) is 0 Å². The van der Waals surface area contributed by atoms with Crippen molar-refractivity contribution in [3.8, 4) is 12.1 Å². The van der Waals surface area contributed by atoms with Crippen molar-refractivity contribution in [3.63, 3.8) is 0 Å². The minimum atomic E-state index is -0.880. The van der Waals surface area contributed by atoms with Gasteiger partial charge < -0.3 is 4.79 Å². The third-order valence-corrected chi connectivity index (χ3v) is 5.00. The number of nitrogens with zero attached hydrogens (tertiary/aromatic N) is 2. The van der Waals surface area contributed by atoms with Crippen LogP contribution in [0.3, 0.4) is 0 Å². The highest BCUT2D eigenvalue weighted by molar-refractivity contribution is 5.99. The molecule has 0 aliphatic heterocycles. The molecule has 0 saturated heterocycles. The molecule has 0 aromatic rings. The summed E-state index contributed by atoms with van der Waals surface area (Å²) < 4.78 is 0. The highest BCUT2D eigenvalue weighted by Crippen LogP contribution is 2.42. The number of Topliss-reactive ketones (excluding diaryl/α,β-unsaturated/α-hetero) is 1. The molecule has 2 unspecified atom stereocenters. The van der Waals surface area contributed by atoms with Crippen molar-refractivity contribution in [1.29, 1.82) is 10.5 Å². The van der Waals surface area contributed by atoms with E-state index in [4.69, 9.17) is 10.5 Å². The van der Waals surface area contributed by atoms with Crippen LogP contribution in [-0.4, -0.2) is 12.1 Å². The average molecular weight is 272 g/mol. The van der Waals surface area contributed by atoms with E-state index < -0.39 is 5.41 Å². The number of carbonyl (C=O) groups is 2. The Balaban J connectivity index is 2.08. The maximum Gasteiger partial charge on any atom is 0.149 e. The fourth-order valence-corrected chi connectivity index (χ4v) is 3.64. The van der Waals surface area contributed by atoms with Gasteiger partial charge in [-0.1, -0.05) is 6.42 Å². The zero-order valence-corrected chi connectivity index (χ0v) is 11.7. The average Bonchev–Trinajstić information content (AvgIpc) is 2.54. The van der Waals surface area contributed by atoms with Gasteiger partial charge in [-0.25, -0.2) is 0 Å². The Morgan fingerprint density at radius 3 is 2.25 bits per heavy atom. The Labute approximate surface area is 119 Å². The summed E-state index contributed by atoms with van der Waals surface area (Å²) >= 11 is 0. The van der Waals surface area contributed by atoms with Gasteiger partial charge >= 0.3 is 0 Å². The molecule has 4 nitrogen and oxygen atoms in total. The minimum absolute atomic E-state index is 0.0194. The number of hydrogen-bond donors (Lipinski definition) is 0. The van der Waals surface area contributed by atoms with Crippen molar-refractivity contribution in [1.82, 2.24) is 0 Å². The highest BCUT2D eigenvalue weighted by Gasteiger charge is 2.45. The third-order valence-electron chi connectivity index (χ3n) is 5.00. The maximum absolute atomic E-state index is 12.7. The molecule has 106 valence electrons. The molecule has 2 fully saturated rings. The fourth-order valence-electron chi connectivity index (χ4n) is 3.64. The second-order valence-corrected chi connectivity index (χ2v) is 6.23. The van der Waals surface area contributed by atoms with Gasteiger partial charge in [0.1, 0.15) is 12.1 Å². The summed E-state index contributed by atoms with van der Waals surface area (Å²) in [5, 5.41) is 18.0. The summed E-state index contributed by atoms with van der Waals surface area (Å²) in [7, 11) is 0. The zero-order chi connectivity index (χ0) is 14.6. The van der Waals surface area contributed by atoms with E-state index in [-0.39, 0.29) is 23.5 Å². The molecule has 0 spiro atoms. The van der Waals surface area contributed by atoms with E-state index in [1.54, 1.807) is 0 Å². The van der Waals surface area contributed by atoms with Gasteiger partial charge in [0.2, 0.25) is 0 Å². The summed E-state index contributed by atoms with van der Waals surface area (Å²) in [6.45, 7) is 0. The lowest BCUT2D eigenvalue weighted by molar-refractivity contribution is -0.141. The number of nitriles is 2. The molecule has 0 amide bonds. The summed E-state index contributed by atoms with van der Waals surface area (Å²) in [5.74, 6) is -0.174. The maximum atomic E-state index is 12.7. The molecular weight excluding hydrogens is 252 g/mol. The first kappa shape index (κ1) is 14.7. The van der Waals surface area contributed by atoms with Crippen molar-refractivity contribution >= 4 is 12.1 Å². The van der Waals surface area contributed by atoms with Crippen LogP contribution in [0.5, 0.6) is 0 Å². The normalized spacial score (nSPS) is 37.4. The lowest BCUT2D eigenvalue weighted by Crippen LogP contribution is -2.42. The van der Waals surface area contributed by atoms with Crippen LogP contribution < -0.4 is 0 Å². The standard InChI is InChI=1S/C16H20N2O2/c17-9-12-4-6-16(11-19,7-5-12)15(20)14-3-1-2-13(8-14)10-18/h11-14H,1-8H2. The second kappa shape index (κ2) is 6.18. The molecule has 2 saturated carbocycles. The molecule has 2 aliphatic rings. The first-order valence-electron chi connectivity index (χ1n) is 7.45. The highest BCUT2D eigenvalue weighted by atomic mass is 16.1. The van der Waals surface area contributed by atoms with E-state index >= 15 is 0 Å². The van der Waals surface area contributed by atoms with E-state index in [1.807, 2.05) is 0 Å². The quantitative estimate of drug-likeness (QED) is 0.584. The molecule has 0 aromatic heterocycles. The fraction of sp³-hybridized carbons (Fsp3) is 0.750. The number of ketones is 1. The Hall–Kier alpha value is -1.68. The van der Waals surface area contributed by atoms with Crippen LogP contribution >= 0.6 is 0 Å².